The summed E-state index contributed by atoms with van der Waals surface area (Å²) >= 11 is 0. The van der Waals surface area contributed by atoms with Crippen molar-refractivity contribution in [3.05, 3.63) is 90.3 Å². The third kappa shape index (κ3) is 9.65. The first-order chi connectivity index (χ1) is 32.2. The monoisotopic (exact) mass is 908 g/mol. The predicted octanol–water partition coefficient (Wildman–Crippen LogP) is 4.29. The van der Waals surface area contributed by atoms with Gasteiger partial charge in [0.1, 0.15) is 41.3 Å². The Hall–Kier alpha value is -7.72. The Balaban J connectivity index is 0.831. The molecule has 0 saturated carbocycles. The van der Waals surface area contributed by atoms with Gasteiger partial charge in [-0.15, -0.1) is 0 Å². The molecular weight excluding hydrogens is 857 g/mol. The van der Waals surface area contributed by atoms with Crippen LogP contribution in [0.2, 0.25) is 0 Å². The fourth-order valence-corrected chi connectivity index (χ4v) is 8.92. The fourth-order valence-electron chi connectivity index (χ4n) is 8.92. The summed E-state index contributed by atoms with van der Waals surface area (Å²) in [5.41, 5.74) is 8.31. The number of carbonyl (C=O) groups is 6. The van der Waals surface area contributed by atoms with Crippen LogP contribution in [0.5, 0.6) is 11.5 Å². The molecule has 3 atom stereocenters. The van der Waals surface area contributed by atoms with E-state index in [1.165, 1.54) is 12.4 Å². The van der Waals surface area contributed by atoms with E-state index in [1.807, 2.05) is 80.2 Å². The van der Waals surface area contributed by atoms with Crippen molar-refractivity contribution in [2.45, 2.75) is 70.0 Å². The van der Waals surface area contributed by atoms with E-state index < -0.39 is 41.1 Å². The number of carbonyl (C=O) groups excluding carboxylic acids is 6. The van der Waals surface area contributed by atoms with E-state index in [4.69, 9.17) is 15.6 Å². The number of benzene rings is 3. The third-order valence-corrected chi connectivity index (χ3v) is 12.8. The Morgan fingerprint density at radius 2 is 1.76 bits per heavy atom. The summed E-state index contributed by atoms with van der Waals surface area (Å²) in [4.78, 5) is 91.2. The van der Waals surface area contributed by atoms with Crippen molar-refractivity contribution in [2.24, 2.45) is 5.92 Å². The van der Waals surface area contributed by atoms with Crippen LogP contribution in [0.1, 0.15) is 79.1 Å². The second-order valence-electron chi connectivity index (χ2n) is 17.6. The van der Waals surface area contributed by atoms with Gasteiger partial charge in [0, 0.05) is 49.4 Å². The molecule has 3 aromatic carbocycles. The second-order valence-corrected chi connectivity index (χ2v) is 17.6. The highest BCUT2D eigenvalue weighted by Gasteiger charge is 2.46. The molecule has 2 aromatic heterocycles. The summed E-state index contributed by atoms with van der Waals surface area (Å²) in [6.45, 7) is 5.53. The predicted molar refractivity (Wildman–Crippen MR) is 246 cm³/mol. The maximum absolute atomic E-state index is 14.1. The van der Waals surface area contributed by atoms with Crippen LogP contribution in [0, 0.1) is 17.2 Å². The van der Waals surface area contributed by atoms with Crippen molar-refractivity contribution in [1.82, 2.24) is 45.1 Å². The van der Waals surface area contributed by atoms with E-state index in [0.717, 1.165) is 22.6 Å². The highest BCUT2D eigenvalue weighted by Crippen LogP contribution is 2.36. The Labute approximate surface area is 386 Å². The highest BCUT2D eigenvalue weighted by molar-refractivity contribution is 6.25. The first-order valence-corrected chi connectivity index (χ1v) is 22.3. The summed E-state index contributed by atoms with van der Waals surface area (Å²) in [5.74, 6) is -2.27. The van der Waals surface area contributed by atoms with Gasteiger partial charge in [-0.1, -0.05) is 24.3 Å². The van der Waals surface area contributed by atoms with Gasteiger partial charge < -0.3 is 30.9 Å². The lowest BCUT2D eigenvalue weighted by atomic mass is 9.88. The molecule has 3 aliphatic rings. The standard InChI is InChI=1S/C48H52N12O7/c1-48(2,57(3)22-9-21-51-38(62)26-52-35-14-7-13-34-39(35)47(66)59(46(34)65)36-19-20-37(61)55-44(36)63)24-30(25-49)45(64)58-23-8-10-31(27-58)60-43-40(42(50)53-28-54-43)41(56-60)29-15-17-33(18-16-29)67-32-11-5-4-6-12-32/h4-7,11-18,28,30-31,36,52H,8-10,19-24,26-27H2,1-3H3,(H,51,62)(H2,50,53,54)(H,55,61,63)/t30?,31-,36?/m1/s1. The van der Waals surface area contributed by atoms with E-state index in [2.05, 4.69) is 36.9 Å². The lowest BCUT2D eigenvalue weighted by Crippen LogP contribution is -2.54. The van der Waals surface area contributed by atoms with Crippen molar-refractivity contribution in [3.8, 4) is 28.8 Å². The average molecular weight is 909 g/mol. The Kier molecular flexibility index (Phi) is 13.3. The van der Waals surface area contributed by atoms with Crippen molar-refractivity contribution in [1.29, 1.82) is 5.26 Å². The van der Waals surface area contributed by atoms with Crippen molar-refractivity contribution >= 4 is 58.0 Å². The van der Waals surface area contributed by atoms with E-state index in [-0.39, 0.29) is 60.5 Å². The molecule has 2 saturated heterocycles. The van der Waals surface area contributed by atoms with Gasteiger partial charge >= 0.3 is 0 Å². The molecule has 5 N–H and O–H groups in total. The molecule has 0 spiro atoms. The number of amides is 6. The van der Waals surface area contributed by atoms with Crippen LogP contribution >= 0.6 is 0 Å². The molecule has 67 heavy (non-hydrogen) atoms. The van der Waals surface area contributed by atoms with Crippen LogP contribution in [0.15, 0.2) is 79.1 Å². The van der Waals surface area contributed by atoms with Gasteiger partial charge in [-0.3, -0.25) is 39.0 Å². The number of hydrogen-bond acceptors (Lipinski definition) is 14. The van der Waals surface area contributed by atoms with E-state index in [1.54, 1.807) is 17.0 Å². The van der Waals surface area contributed by atoms with Crippen LogP contribution < -0.4 is 26.4 Å². The maximum atomic E-state index is 14.1. The number of nitrogen functional groups attached to an aromatic ring is 1. The Morgan fingerprint density at radius 3 is 2.51 bits per heavy atom. The number of hydrogen-bond donors (Lipinski definition) is 4. The van der Waals surface area contributed by atoms with Gasteiger partial charge in [0.2, 0.25) is 23.6 Å². The molecule has 3 aliphatic heterocycles. The van der Waals surface area contributed by atoms with Crippen LogP contribution in [0.25, 0.3) is 22.3 Å². The minimum atomic E-state index is -1.10. The summed E-state index contributed by atoms with van der Waals surface area (Å²) in [6, 6.07) is 22.7. The molecule has 5 aromatic rings. The van der Waals surface area contributed by atoms with Crippen molar-refractivity contribution in [3.63, 3.8) is 0 Å². The van der Waals surface area contributed by atoms with Crippen LogP contribution in [0.3, 0.4) is 0 Å². The van der Waals surface area contributed by atoms with Crippen LogP contribution in [-0.4, -0.2) is 121 Å². The second kappa shape index (κ2) is 19.4. The zero-order chi connectivity index (χ0) is 47.4. The Bertz CT molecular complexity index is 2770. The van der Waals surface area contributed by atoms with Gasteiger partial charge in [0.05, 0.1) is 35.2 Å². The molecule has 19 nitrogen and oxygen atoms in total. The number of anilines is 2. The lowest BCUT2D eigenvalue weighted by molar-refractivity contribution is -0.137. The van der Waals surface area contributed by atoms with E-state index in [9.17, 15) is 34.0 Å². The zero-order valence-electron chi connectivity index (χ0n) is 37.5. The fraction of sp³-hybridized carbons (Fsp3) is 0.375. The van der Waals surface area contributed by atoms with E-state index >= 15 is 0 Å². The number of nitrogens with one attached hydrogen (secondary N) is 3. The molecule has 0 radical (unpaired) electrons. The maximum Gasteiger partial charge on any atom is 0.264 e. The topological polar surface area (TPSA) is 251 Å². The van der Waals surface area contributed by atoms with Gasteiger partial charge in [-0.2, -0.15) is 10.4 Å². The number of nitrogens with two attached hydrogens (primary N) is 1. The minimum absolute atomic E-state index is 0.00823. The number of aromatic nitrogens is 4. The molecule has 0 bridgehead atoms. The number of likely N-dealkylation sites (tertiary alicyclic amines) is 1. The van der Waals surface area contributed by atoms with Crippen molar-refractivity contribution < 1.29 is 33.5 Å². The smallest absolute Gasteiger partial charge is 0.264 e. The molecular formula is C48H52N12O7. The minimum Gasteiger partial charge on any atom is -0.457 e. The summed E-state index contributed by atoms with van der Waals surface area (Å²) in [7, 11) is 1.92. The molecule has 19 heteroatoms. The van der Waals surface area contributed by atoms with Gasteiger partial charge in [-0.05, 0) is 102 Å². The van der Waals surface area contributed by atoms with Crippen LogP contribution in [-0.2, 0) is 19.2 Å². The lowest BCUT2D eigenvalue weighted by Gasteiger charge is -2.39. The van der Waals surface area contributed by atoms with Gasteiger partial charge in [-0.25, -0.2) is 14.6 Å². The highest BCUT2D eigenvalue weighted by atomic mass is 16.5. The van der Waals surface area contributed by atoms with Crippen molar-refractivity contribution in [2.75, 3.05) is 50.8 Å². The molecule has 2 fully saturated rings. The number of piperidine rings is 2. The number of ether oxygens (including phenoxy) is 1. The number of nitrogens with zero attached hydrogens (tertiary/aromatic N) is 8. The number of nitriles is 1. The summed E-state index contributed by atoms with van der Waals surface area (Å²) in [6.07, 6.45) is 3.75. The van der Waals surface area contributed by atoms with Crippen LogP contribution in [0.4, 0.5) is 11.5 Å². The largest absolute Gasteiger partial charge is 0.457 e. The number of para-hydroxylation sites is 1. The van der Waals surface area contributed by atoms with Gasteiger partial charge in [0.25, 0.3) is 11.8 Å². The average Bonchev–Trinajstić information content (AvgIpc) is 3.84. The quantitative estimate of drug-likeness (QED) is 0.0797. The normalized spacial score (nSPS) is 17.8. The summed E-state index contributed by atoms with van der Waals surface area (Å²) < 4.78 is 7.82. The van der Waals surface area contributed by atoms with E-state index in [0.29, 0.717) is 67.3 Å². The SMILES string of the molecule is CN(CCCNC(=O)CNc1cccc2c1C(=O)N(C1CCC(=O)NC1=O)C2=O)C(C)(C)CC(C#N)C(=O)N1CCC[C@@H](n2nc(-c3ccc(Oc4ccccc4)cc3)c3c(N)ncnc32)C1. The molecule has 6 amide bonds. The Morgan fingerprint density at radius 1 is 1.00 bits per heavy atom. The molecule has 5 heterocycles. The van der Waals surface area contributed by atoms with Gasteiger partial charge in [0.15, 0.2) is 5.65 Å². The number of fused-ring (bicyclic) bond motifs is 2. The number of imide groups is 2. The first kappa shape index (κ1) is 45.8. The molecule has 2 unspecified atom stereocenters. The third-order valence-electron chi connectivity index (χ3n) is 12.8. The number of rotatable bonds is 16. The molecule has 8 rings (SSSR count). The molecule has 346 valence electrons. The summed E-state index contributed by atoms with van der Waals surface area (Å²) in [5, 5.41) is 24.0. The zero-order valence-corrected chi connectivity index (χ0v) is 37.5. The molecule has 0 aliphatic carbocycles. The first-order valence-electron chi connectivity index (χ1n) is 22.3.